The summed E-state index contributed by atoms with van der Waals surface area (Å²) < 4.78 is 0. The number of rotatable bonds is 5. The number of nitrogens with two attached hydrogens (primary N) is 2. The highest BCUT2D eigenvalue weighted by Gasteiger charge is 1.83. The Morgan fingerprint density at radius 2 is 1.67 bits per heavy atom. The van der Waals surface area contributed by atoms with Gasteiger partial charge in [-0.25, -0.2) is 4.79 Å². The highest BCUT2D eigenvalue weighted by Crippen LogP contribution is 2.00. The van der Waals surface area contributed by atoms with E-state index in [0.717, 1.165) is 6.54 Å². The summed E-state index contributed by atoms with van der Waals surface area (Å²) in [5.41, 5.74) is 9.34. The highest BCUT2D eigenvalue weighted by atomic mass is 16.4. The second-order valence-corrected chi connectivity index (χ2v) is 2.54. The van der Waals surface area contributed by atoms with E-state index in [1.54, 1.807) is 0 Å². The van der Waals surface area contributed by atoms with Gasteiger partial charge in [0.25, 0.3) is 0 Å². The molecule has 0 aliphatic heterocycles. The lowest BCUT2D eigenvalue weighted by Gasteiger charge is -1.93. The predicted molar refractivity (Wildman–Crippen MR) is 50.0 cm³/mol. The maximum atomic E-state index is 8.78. The molecule has 0 aromatic carbocycles. The average molecular weight is 176 g/mol. The number of hydrogen-bond acceptors (Lipinski definition) is 2. The van der Waals surface area contributed by atoms with Crippen LogP contribution in [-0.4, -0.2) is 17.7 Å². The van der Waals surface area contributed by atoms with Gasteiger partial charge in [-0.3, -0.25) is 0 Å². The van der Waals surface area contributed by atoms with Crippen LogP contribution in [-0.2, 0) is 0 Å². The molecule has 0 heterocycles. The van der Waals surface area contributed by atoms with Gasteiger partial charge in [0.2, 0.25) is 0 Å². The summed E-state index contributed by atoms with van der Waals surface area (Å²) >= 11 is 0. The van der Waals surface area contributed by atoms with Crippen LogP contribution < -0.4 is 11.5 Å². The smallest absolute Gasteiger partial charge is 0.402 e. The first-order chi connectivity index (χ1) is 5.65. The molecule has 0 rings (SSSR count). The van der Waals surface area contributed by atoms with Crippen molar-refractivity contribution in [3.8, 4) is 0 Å². The third-order valence-electron chi connectivity index (χ3n) is 1.31. The summed E-state index contributed by atoms with van der Waals surface area (Å²) in [7, 11) is 0. The number of hydrogen-bond donors (Lipinski definition) is 3. The molecule has 0 fully saturated rings. The molecule has 4 heteroatoms. The number of amides is 1. The molecule has 5 N–H and O–H groups in total. The Kier molecular flexibility index (Phi) is 14.8. The zero-order chi connectivity index (χ0) is 9.82. The topological polar surface area (TPSA) is 89.3 Å². The first-order valence-electron chi connectivity index (χ1n) is 4.33. The monoisotopic (exact) mass is 176 g/mol. The lowest BCUT2D eigenvalue weighted by Crippen LogP contribution is -2.03. The van der Waals surface area contributed by atoms with Crippen LogP contribution in [0.1, 0.15) is 39.0 Å². The number of carboxylic acid groups (broad SMARTS) is 1. The standard InChI is InChI=1S/C7H17N.CH3NO2/c1-2-3-4-5-6-7-8;2-1(3)4/h2-8H2,1H3;2H2,(H,3,4). The molecule has 0 aliphatic rings. The fourth-order valence-corrected chi connectivity index (χ4v) is 0.748. The van der Waals surface area contributed by atoms with Gasteiger partial charge in [-0.2, -0.15) is 0 Å². The van der Waals surface area contributed by atoms with E-state index in [9.17, 15) is 0 Å². The van der Waals surface area contributed by atoms with Gasteiger partial charge >= 0.3 is 6.09 Å². The van der Waals surface area contributed by atoms with Gasteiger partial charge in [0.15, 0.2) is 0 Å². The van der Waals surface area contributed by atoms with Gasteiger partial charge in [0, 0.05) is 0 Å². The zero-order valence-electron chi connectivity index (χ0n) is 7.75. The fraction of sp³-hybridized carbons (Fsp3) is 0.875. The van der Waals surface area contributed by atoms with Crippen molar-refractivity contribution >= 4 is 6.09 Å². The van der Waals surface area contributed by atoms with Crippen molar-refractivity contribution < 1.29 is 9.90 Å². The molecule has 4 nitrogen and oxygen atoms in total. The van der Waals surface area contributed by atoms with Gasteiger partial charge in [-0.1, -0.05) is 32.6 Å². The number of carbonyl (C=O) groups is 1. The molecule has 0 spiro atoms. The first-order valence-corrected chi connectivity index (χ1v) is 4.33. The van der Waals surface area contributed by atoms with Crippen molar-refractivity contribution in [1.29, 1.82) is 0 Å². The van der Waals surface area contributed by atoms with E-state index in [1.165, 1.54) is 32.1 Å². The van der Waals surface area contributed by atoms with Crippen molar-refractivity contribution in [1.82, 2.24) is 0 Å². The van der Waals surface area contributed by atoms with Crippen LogP contribution in [0, 0.1) is 0 Å². The van der Waals surface area contributed by atoms with Crippen LogP contribution in [0.25, 0.3) is 0 Å². The van der Waals surface area contributed by atoms with Crippen molar-refractivity contribution in [2.24, 2.45) is 11.5 Å². The second-order valence-electron chi connectivity index (χ2n) is 2.54. The normalized spacial score (nSPS) is 8.50. The Labute approximate surface area is 73.9 Å². The fourth-order valence-electron chi connectivity index (χ4n) is 0.748. The van der Waals surface area contributed by atoms with Crippen molar-refractivity contribution in [3.63, 3.8) is 0 Å². The lowest BCUT2D eigenvalue weighted by molar-refractivity contribution is 0.205. The Morgan fingerprint density at radius 1 is 1.25 bits per heavy atom. The van der Waals surface area contributed by atoms with Crippen LogP contribution in [0.2, 0.25) is 0 Å². The van der Waals surface area contributed by atoms with Gasteiger partial charge < -0.3 is 16.6 Å². The van der Waals surface area contributed by atoms with Crippen LogP contribution in [0.5, 0.6) is 0 Å². The minimum atomic E-state index is -1.33. The Morgan fingerprint density at radius 3 is 2.00 bits per heavy atom. The molecular formula is C8H20N2O2. The van der Waals surface area contributed by atoms with Crippen LogP contribution in [0.15, 0.2) is 0 Å². The van der Waals surface area contributed by atoms with E-state index in [2.05, 4.69) is 12.7 Å². The van der Waals surface area contributed by atoms with E-state index in [1.807, 2.05) is 0 Å². The summed E-state index contributed by atoms with van der Waals surface area (Å²) in [6, 6.07) is 0. The predicted octanol–water partition coefficient (Wildman–Crippen LogP) is 1.54. The third-order valence-corrected chi connectivity index (χ3v) is 1.31. The summed E-state index contributed by atoms with van der Waals surface area (Å²) in [5.74, 6) is 0. The average Bonchev–Trinajstić information content (AvgIpc) is 1.97. The SMILES string of the molecule is CCCCCCCN.NC(=O)O. The molecule has 0 atom stereocenters. The van der Waals surface area contributed by atoms with Gasteiger partial charge in [0.1, 0.15) is 0 Å². The lowest BCUT2D eigenvalue weighted by atomic mass is 10.2. The van der Waals surface area contributed by atoms with Crippen molar-refractivity contribution in [3.05, 3.63) is 0 Å². The molecule has 0 aromatic heterocycles. The molecule has 0 radical (unpaired) electrons. The van der Waals surface area contributed by atoms with E-state index >= 15 is 0 Å². The van der Waals surface area contributed by atoms with E-state index in [4.69, 9.17) is 15.6 Å². The Balaban J connectivity index is 0. The zero-order valence-corrected chi connectivity index (χ0v) is 7.75. The Bertz CT molecular complexity index is 87.1. The maximum Gasteiger partial charge on any atom is 0.402 e. The molecule has 0 aliphatic carbocycles. The maximum absolute atomic E-state index is 8.78. The third kappa shape index (κ3) is 34.9. The van der Waals surface area contributed by atoms with Gasteiger partial charge in [-0.15, -0.1) is 0 Å². The summed E-state index contributed by atoms with van der Waals surface area (Å²) in [4.78, 5) is 8.78. The summed E-state index contributed by atoms with van der Waals surface area (Å²) in [6.07, 6.45) is 5.27. The molecule has 74 valence electrons. The van der Waals surface area contributed by atoms with E-state index < -0.39 is 6.09 Å². The minimum Gasteiger partial charge on any atom is -0.465 e. The molecule has 0 bridgehead atoms. The second kappa shape index (κ2) is 12.9. The first kappa shape index (κ1) is 13.8. The molecular weight excluding hydrogens is 156 g/mol. The van der Waals surface area contributed by atoms with Gasteiger partial charge in [-0.05, 0) is 13.0 Å². The molecule has 1 amide bonds. The summed E-state index contributed by atoms with van der Waals surface area (Å²) in [6.45, 7) is 3.09. The van der Waals surface area contributed by atoms with Crippen LogP contribution >= 0.6 is 0 Å². The number of unbranched alkanes of at least 4 members (excludes halogenated alkanes) is 4. The number of primary amides is 1. The molecule has 0 unspecified atom stereocenters. The quantitative estimate of drug-likeness (QED) is 0.555. The molecule has 0 aromatic rings. The molecule has 12 heavy (non-hydrogen) atoms. The van der Waals surface area contributed by atoms with E-state index in [-0.39, 0.29) is 0 Å². The molecule has 0 saturated carbocycles. The minimum absolute atomic E-state index is 0.865. The van der Waals surface area contributed by atoms with Crippen molar-refractivity contribution in [2.75, 3.05) is 6.54 Å². The Hall–Kier alpha value is -0.770. The highest BCUT2D eigenvalue weighted by molar-refractivity contribution is 5.61. The van der Waals surface area contributed by atoms with Crippen LogP contribution in [0.4, 0.5) is 4.79 Å². The van der Waals surface area contributed by atoms with Crippen LogP contribution in [0.3, 0.4) is 0 Å². The molecule has 0 saturated heterocycles. The van der Waals surface area contributed by atoms with Gasteiger partial charge in [0.05, 0.1) is 0 Å². The van der Waals surface area contributed by atoms with E-state index in [0.29, 0.717) is 0 Å². The summed E-state index contributed by atoms with van der Waals surface area (Å²) in [5, 5.41) is 7.19. The largest absolute Gasteiger partial charge is 0.465 e. The van der Waals surface area contributed by atoms with Crippen molar-refractivity contribution in [2.45, 2.75) is 39.0 Å².